The summed E-state index contributed by atoms with van der Waals surface area (Å²) in [6.45, 7) is 2.61. The van der Waals surface area contributed by atoms with E-state index in [-0.39, 0.29) is 11.9 Å². The highest BCUT2D eigenvalue weighted by atomic mass is 32.2. The molecule has 1 aliphatic rings. The van der Waals surface area contributed by atoms with Crippen molar-refractivity contribution in [2.75, 3.05) is 30.8 Å². The van der Waals surface area contributed by atoms with Gasteiger partial charge in [0.1, 0.15) is 5.82 Å². The molecule has 88 valence electrons. The Bertz CT molecular complexity index is 375. The molecule has 2 N–H and O–H groups in total. The number of halogens is 1. The third-order valence-corrected chi connectivity index (χ3v) is 3.78. The number of aromatic nitrogens is 2. The summed E-state index contributed by atoms with van der Waals surface area (Å²) in [6, 6.07) is 0.139. The van der Waals surface area contributed by atoms with Crippen LogP contribution in [0, 0.1) is 12.7 Å². The molecule has 2 heterocycles. The maximum Gasteiger partial charge on any atom is 0.186 e. The van der Waals surface area contributed by atoms with Gasteiger partial charge in [0, 0.05) is 18.1 Å². The number of aryl methyl sites for hydroxylation is 1. The number of nitrogens with zero attached hydrogens (tertiary/aromatic N) is 3. The second-order valence-electron chi connectivity index (χ2n) is 3.94. The summed E-state index contributed by atoms with van der Waals surface area (Å²) >= 11 is 1.86. The summed E-state index contributed by atoms with van der Waals surface area (Å²) in [4.78, 5) is 10.4. The summed E-state index contributed by atoms with van der Waals surface area (Å²) in [6.07, 6.45) is 0. The van der Waals surface area contributed by atoms with E-state index in [1.54, 1.807) is 6.92 Å². The van der Waals surface area contributed by atoms with Gasteiger partial charge >= 0.3 is 0 Å². The van der Waals surface area contributed by atoms with Crippen LogP contribution in [0.1, 0.15) is 17.6 Å². The first kappa shape index (κ1) is 11.6. The highest BCUT2D eigenvalue weighted by molar-refractivity contribution is 7.99. The Labute approximate surface area is 98.4 Å². The van der Waals surface area contributed by atoms with Crippen LogP contribution < -0.4 is 5.73 Å². The van der Waals surface area contributed by atoms with Crippen molar-refractivity contribution in [3.63, 3.8) is 0 Å². The Morgan fingerprint density at radius 3 is 2.88 bits per heavy atom. The van der Waals surface area contributed by atoms with Crippen molar-refractivity contribution in [1.29, 1.82) is 0 Å². The fourth-order valence-corrected chi connectivity index (χ4v) is 2.92. The molecule has 1 saturated heterocycles. The predicted octanol–water partition coefficient (Wildman–Crippen LogP) is 1.23. The molecule has 2 rings (SSSR count). The minimum atomic E-state index is -0.505. The lowest BCUT2D eigenvalue weighted by atomic mass is 10.2. The summed E-state index contributed by atoms with van der Waals surface area (Å²) in [5, 5.41) is 0. The van der Waals surface area contributed by atoms with Crippen LogP contribution in [0.3, 0.4) is 0 Å². The maximum absolute atomic E-state index is 13.3. The smallest absolute Gasteiger partial charge is 0.186 e. The van der Waals surface area contributed by atoms with Gasteiger partial charge in [0.05, 0.1) is 11.7 Å². The molecule has 0 radical (unpaired) electrons. The summed E-state index contributed by atoms with van der Waals surface area (Å²) in [7, 11) is 2.03. The summed E-state index contributed by atoms with van der Waals surface area (Å²) in [5.41, 5.74) is 5.85. The molecular weight excluding hydrogens is 227 g/mol. The lowest BCUT2D eigenvalue weighted by Crippen LogP contribution is -2.34. The van der Waals surface area contributed by atoms with Crippen molar-refractivity contribution < 1.29 is 4.39 Å². The van der Waals surface area contributed by atoms with Crippen LogP contribution in [0.15, 0.2) is 0 Å². The zero-order valence-electron chi connectivity index (χ0n) is 9.40. The van der Waals surface area contributed by atoms with Crippen LogP contribution in [0.4, 0.5) is 10.2 Å². The number of thioether (sulfide) groups is 1. The van der Waals surface area contributed by atoms with Crippen molar-refractivity contribution >= 4 is 17.6 Å². The SMILES string of the molecule is Cc1nc(C2CSCCN2C)nc(N)c1F. The van der Waals surface area contributed by atoms with Gasteiger partial charge in [0.2, 0.25) is 0 Å². The third kappa shape index (κ3) is 2.12. The molecule has 4 nitrogen and oxygen atoms in total. The third-order valence-electron chi connectivity index (χ3n) is 2.75. The van der Waals surface area contributed by atoms with Crippen LogP contribution in [-0.2, 0) is 0 Å². The van der Waals surface area contributed by atoms with Gasteiger partial charge in [0.15, 0.2) is 11.6 Å². The zero-order valence-corrected chi connectivity index (χ0v) is 10.2. The van der Waals surface area contributed by atoms with E-state index in [2.05, 4.69) is 14.9 Å². The number of rotatable bonds is 1. The molecule has 16 heavy (non-hydrogen) atoms. The van der Waals surface area contributed by atoms with E-state index in [9.17, 15) is 4.39 Å². The normalized spacial score (nSPS) is 22.3. The van der Waals surface area contributed by atoms with Crippen LogP contribution in [0.2, 0.25) is 0 Å². The highest BCUT2D eigenvalue weighted by Crippen LogP contribution is 2.27. The molecule has 0 bridgehead atoms. The molecule has 1 aromatic rings. The standard InChI is InChI=1S/C10H15FN4S/c1-6-8(11)9(12)14-10(13-6)7-5-16-4-3-15(7)2/h7H,3-5H2,1-2H3,(H2,12,13,14). The largest absolute Gasteiger partial charge is 0.381 e. The molecule has 0 spiro atoms. The molecular formula is C10H15FN4S. The molecule has 1 fully saturated rings. The van der Waals surface area contributed by atoms with Crippen molar-refractivity contribution in [3.8, 4) is 0 Å². The van der Waals surface area contributed by atoms with E-state index >= 15 is 0 Å². The van der Waals surface area contributed by atoms with E-state index in [1.807, 2.05) is 18.8 Å². The van der Waals surface area contributed by atoms with E-state index in [1.165, 1.54) is 0 Å². The molecule has 1 aliphatic heterocycles. The number of hydrogen-bond acceptors (Lipinski definition) is 5. The van der Waals surface area contributed by atoms with Crippen molar-refractivity contribution in [3.05, 3.63) is 17.3 Å². The van der Waals surface area contributed by atoms with Gasteiger partial charge < -0.3 is 5.73 Å². The van der Waals surface area contributed by atoms with Crippen LogP contribution in [0.25, 0.3) is 0 Å². The Balaban J connectivity index is 2.32. The van der Waals surface area contributed by atoms with E-state index in [4.69, 9.17) is 5.73 Å². The van der Waals surface area contributed by atoms with Crippen LogP contribution in [-0.4, -0.2) is 40.0 Å². The van der Waals surface area contributed by atoms with Gasteiger partial charge in [-0.2, -0.15) is 11.8 Å². The molecule has 6 heteroatoms. The van der Waals surface area contributed by atoms with Gasteiger partial charge in [-0.1, -0.05) is 0 Å². The second kappa shape index (κ2) is 4.55. The molecule has 1 unspecified atom stereocenters. The first-order chi connectivity index (χ1) is 7.59. The van der Waals surface area contributed by atoms with Gasteiger partial charge in [-0.25, -0.2) is 14.4 Å². The number of nitrogens with two attached hydrogens (primary N) is 1. The fourth-order valence-electron chi connectivity index (χ4n) is 1.71. The topological polar surface area (TPSA) is 55.0 Å². The lowest BCUT2D eigenvalue weighted by molar-refractivity contribution is 0.264. The molecule has 0 amide bonds. The van der Waals surface area contributed by atoms with E-state index in [0.717, 1.165) is 18.1 Å². The minimum Gasteiger partial charge on any atom is -0.381 e. The van der Waals surface area contributed by atoms with Gasteiger partial charge in [-0.05, 0) is 14.0 Å². The molecule has 1 aromatic heterocycles. The molecule has 0 aromatic carbocycles. The number of anilines is 1. The average molecular weight is 242 g/mol. The quantitative estimate of drug-likeness (QED) is 0.802. The van der Waals surface area contributed by atoms with Crippen LogP contribution >= 0.6 is 11.8 Å². The van der Waals surface area contributed by atoms with Crippen molar-refractivity contribution in [2.45, 2.75) is 13.0 Å². The molecule has 0 aliphatic carbocycles. The predicted molar refractivity (Wildman–Crippen MR) is 63.8 cm³/mol. The van der Waals surface area contributed by atoms with Crippen molar-refractivity contribution in [1.82, 2.24) is 14.9 Å². The van der Waals surface area contributed by atoms with E-state index < -0.39 is 5.82 Å². The molecule has 1 atom stereocenters. The Hall–Kier alpha value is -0.880. The second-order valence-corrected chi connectivity index (χ2v) is 5.09. The zero-order chi connectivity index (χ0) is 11.7. The fraction of sp³-hybridized carbons (Fsp3) is 0.600. The highest BCUT2D eigenvalue weighted by Gasteiger charge is 2.24. The number of nitrogen functional groups attached to an aromatic ring is 1. The lowest BCUT2D eigenvalue weighted by Gasteiger charge is -2.30. The maximum atomic E-state index is 13.3. The van der Waals surface area contributed by atoms with E-state index in [0.29, 0.717) is 11.5 Å². The average Bonchev–Trinajstić information content (AvgIpc) is 2.26. The van der Waals surface area contributed by atoms with Gasteiger partial charge in [-0.3, -0.25) is 4.90 Å². The van der Waals surface area contributed by atoms with Gasteiger partial charge in [0.25, 0.3) is 0 Å². The minimum absolute atomic E-state index is 0.0496. The first-order valence-electron chi connectivity index (χ1n) is 5.17. The Morgan fingerprint density at radius 2 is 2.25 bits per heavy atom. The molecule has 0 saturated carbocycles. The van der Waals surface area contributed by atoms with Gasteiger partial charge in [-0.15, -0.1) is 0 Å². The number of hydrogen-bond donors (Lipinski definition) is 1. The summed E-state index contributed by atoms with van der Waals surface area (Å²) in [5.74, 6) is 2.12. The van der Waals surface area contributed by atoms with Crippen LogP contribution in [0.5, 0.6) is 0 Å². The first-order valence-corrected chi connectivity index (χ1v) is 6.32. The Morgan fingerprint density at radius 1 is 1.50 bits per heavy atom. The monoisotopic (exact) mass is 242 g/mol. The van der Waals surface area contributed by atoms with Crippen molar-refractivity contribution in [2.24, 2.45) is 0 Å². The Kier molecular flexibility index (Phi) is 3.30. The summed E-state index contributed by atoms with van der Waals surface area (Å²) < 4.78 is 13.3.